The van der Waals surface area contributed by atoms with Gasteiger partial charge in [0, 0.05) is 24.5 Å². The predicted octanol–water partition coefficient (Wildman–Crippen LogP) is 3.34. The van der Waals surface area contributed by atoms with Crippen LogP contribution in [0.15, 0.2) is 53.4 Å². The fraction of sp³-hybridized carbons (Fsp3) is 0.294. The lowest BCUT2D eigenvalue weighted by atomic mass is 10.2. The number of sulfonamides is 1. The molecule has 2 aromatic rings. The van der Waals surface area contributed by atoms with Crippen LogP contribution < -0.4 is 9.62 Å². The number of ether oxygens (including phenoxy) is 1. The molecule has 3 rings (SSSR count). The molecule has 1 aliphatic rings. The molecule has 1 N–H and O–H groups in total. The summed E-state index contributed by atoms with van der Waals surface area (Å²) in [5, 5.41) is 0. The van der Waals surface area contributed by atoms with Crippen molar-refractivity contribution < 1.29 is 26.3 Å². The Morgan fingerprint density at radius 3 is 2.04 bits per heavy atom. The van der Waals surface area contributed by atoms with Crippen molar-refractivity contribution >= 4 is 21.4 Å². The van der Waals surface area contributed by atoms with E-state index in [0.29, 0.717) is 18.9 Å². The van der Waals surface area contributed by atoms with Crippen LogP contribution in [0, 0.1) is 0 Å². The summed E-state index contributed by atoms with van der Waals surface area (Å²) in [5.41, 5.74) is 0.388. The summed E-state index contributed by atoms with van der Waals surface area (Å²) in [6.07, 6.45) is -4.51. The van der Waals surface area contributed by atoms with Crippen molar-refractivity contribution in [3.8, 4) is 0 Å². The quantitative estimate of drug-likeness (QED) is 0.876. The van der Waals surface area contributed by atoms with Crippen molar-refractivity contribution in [2.24, 2.45) is 0 Å². The van der Waals surface area contributed by atoms with Crippen LogP contribution in [-0.2, 0) is 20.9 Å². The SMILES string of the molecule is O=S(=O)(Nc1ccc(N2CCOCC2)cc1)c1ccc(C(F)(F)F)cc1. The first-order valence-corrected chi connectivity index (χ1v) is 9.37. The van der Waals surface area contributed by atoms with Crippen molar-refractivity contribution in [2.75, 3.05) is 35.9 Å². The molecule has 0 radical (unpaired) electrons. The van der Waals surface area contributed by atoms with Crippen LogP contribution in [0.4, 0.5) is 24.5 Å². The first-order valence-electron chi connectivity index (χ1n) is 7.88. The summed E-state index contributed by atoms with van der Waals surface area (Å²) >= 11 is 0. The van der Waals surface area contributed by atoms with Gasteiger partial charge in [-0.05, 0) is 48.5 Å². The molecular weight excluding hydrogens is 369 g/mol. The lowest BCUT2D eigenvalue weighted by Crippen LogP contribution is -2.36. The molecule has 0 aliphatic carbocycles. The van der Waals surface area contributed by atoms with Crippen LogP contribution in [0.5, 0.6) is 0 Å². The maximum absolute atomic E-state index is 12.6. The lowest BCUT2D eigenvalue weighted by Gasteiger charge is -2.28. The molecule has 0 saturated carbocycles. The molecule has 140 valence electrons. The molecule has 26 heavy (non-hydrogen) atoms. The van der Waals surface area contributed by atoms with Gasteiger partial charge < -0.3 is 9.64 Å². The number of alkyl halides is 3. The third-order valence-electron chi connectivity index (χ3n) is 3.99. The molecule has 9 heteroatoms. The molecule has 5 nitrogen and oxygen atoms in total. The monoisotopic (exact) mass is 386 g/mol. The normalized spacial score (nSPS) is 15.7. The van der Waals surface area contributed by atoms with Crippen LogP contribution in [0.25, 0.3) is 0 Å². The Bertz CT molecular complexity index is 844. The average Bonchev–Trinajstić information content (AvgIpc) is 2.62. The summed E-state index contributed by atoms with van der Waals surface area (Å²) in [4.78, 5) is 1.89. The van der Waals surface area contributed by atoms with Crippen molar-refractivity contribution in [3.05, 3.63) is 54.1 Å². The van der Waals surface area contributed by atoms with Gasteiger partial charge in [0.25, 0.3) is 10.0 Å². The first-order chi connectivity index (χ1) is 12.3. The van der Waals surface area contributed by atoms with Gasteiger partial charge >= 0.3 is 6.18 Å². The van der Waals surface area contributed by atoms with Gasteiger partial charge in [-0.1, -0.05) is 0 Å². The average molecular weight is 386 g/mol. The van der Waals surface area contributed by atoms with E-state index in [1.807, 2.05) is 0 Å². The second-order valence-electron chi connectivity index (χ2n) is 5.77. The number of nitrogens with zero attached hydrogens (tertiary/aromatic N) is 1. The molecular formula is C17H17F3N2O3S. The zero-order valence-corrected chi connectivity index (χ0v) is 14.5. The molecule has 0 aromatic heterocycles. The number of anilines is 2. The fourth-order valence-corrected chi connectivity index (χ4v) is 3.66. The minimum Gasteiger partial charge on any atom is -0.378 e. The minimum absolute atomic E-state index is 0.234. The smallest absolute Gasteiger partial charge is 0.378 e. The third kappa shape index (κ3) is 4.28. The van der Waals surface area contributed by atoms with E-state index in [1.54, 1.807) is 24.3 Å². The van der Waals surface area contributed by atoms with Gasteiger partial charge in [0.05, 0.1) is 23.7 Å². The van der Waals surface area contributed by atoms with E-state index in [0.717, 1.165) is 43.0 Å². The van der Waals surface area contributed by atoms with Crippen molar-refractivity contribution in [1.82, 2.24) is 0 Å². The van der Waals surface area contributed by atoms with E-state index in [1.165, 1.54) is 0 Å². The van der Waals surface area contributed by atoms with Crippen LogP contribution in [0.1, 0.15) is 5.56 Å². The number of nitrogens with one attached hydrogen (secondary N) is 1. The standard InChI is InChI=1S/C17H17F3N2O3S/c18-17(19,20)13-1-7-16(8-2-13)26(23,24)21-14-3-5-15(6-4-14)22-9-11-25-12-10-22/h1-8,21H,9-12H2. The number of hydrogen-bond acceptors (Lipinski definition) is 4. The number of rotatable bonds is 4. The molecule has 0 atom stereocenters. The predicted molar refractivity (Wildman–Crippen MR) is 91.7 cm³/mol. The molecule has 0 spiro atoms. The number of halogens is 3. The Morgan fingerprint density at radius 1 is 0.923 bits per heavy atom. The van der Waals surface area contributed by atoms with Gasteiger partial charge in [-0.15, -0.1) is 0 Å². The van der Waals surface area contributed by atoms with Gasteiger partial charge in [0.15, 0.2) is 0 Å². The third-order valence-corrected chi connectivity index (χ3v) is 5.38. The van der Waals surface area contributed by atoms with Crippen molar-refractivity contribution in [1.29, 1.82) is 0 Å². The highest BCUT2D eigenvalue weighted by molar-refractivity contribution is 7.92. The number of benzene rings is 2. The van der Waals surface area contributed by atoms with E-state index in [2.05, 4.69) is 9.62 Å². The largest absolute Gasteiger partial charge is 0.416 e. The van der Waals surface area contributed by atoms with Crippen molar-refractivity contribution in [2.45, 2.75) is 11.1 Å². The maximum atomic E-state index is 12.6. The van der Waals surface area contributed by atoms with Crippen LogP contribution >= 0.6 is 0 Å². The Labute approximate surface area is 149 Å². The Hall–Kier alpha value is -2.26. The lowest BCUT2D eigenvalue weighted by molar-refractivity contribution is -0.137. The summed E-state index contributed by atoms with van der Waals surface area (Å²) in [6, 6.07) is 10.2. The summed E-state index contributed by atoms with van der Waals surface area (Å²) in [6.45, 7) is 2.80. The fourth-order valence-electron chi connectivity index (χ4n) is 2.60. The van der Waals surface area contributed by atoms with E-state index in [9.17, 15) is 21.6 Å². The Morgan fingerprint density at radius 2 is 1.50 bits per heavy atom. The van der Waals surface area contributed by atoms with E-state index in [-0.39, 0.29) is 4.90 Å². The van der Waals surface area contributed by atoms with E-state index < -0.39 is 21.8 Å². The molecule has 1 heterocycles. The summed E-state index contributed by atoms with van der Waals surface area (Å²) < 4.78 is 70.0. The zero-order chi connectivity index (χ0) is 18.8. The highest BCUT2D eigenvalue weighted by atomic mass is 32.2. The van der Waals surface area contributed by atoms with Crippen LogP contribution in [0.3, 0.4) is 0 Å². The van der Waals surface area contributed by atoms with Crippen LogP contribution in [0.2, 0.25) is 0 Å². The van der Waals surface area contributed by atoms with Gasteiger partial charge in [-0.2, -0.15) is 13.2 Å². The zero-order valence-electron chi connectivity index (χ0n) is 13.7. The topological polar surface area (TPSA) is 58.6 Å². The number of hydrogen-bond donors (Lipinski definition) is 1. The summed E-state index contributed by atoms with van der Waals surface area (Å²) in [5.74, 6) is 0. The molecule has 1 saturated heterocycles. The molecule has 2 aromatic carbocycles. The van der Waals surface area contributed by atoms with Gasteiger partial charge in [0.2, 0.25) is 0 Å². The van der Waals surface area contributed by atoms with Gasteiger partial charge in [-0.25, -0.2) is 8.42 Å². The Kier molecular flexibility index (Phi) is 5.10. The molecule has 0 unspecified atom stereocenters. The van der Waals surface area contributed by atoms with E-state index in [4.69, 9.17) is 4.74 Å². The second-order valence-corrected chi connectivity index (χ2v) is 7.46. The summed E-state index contributed by atoms with van der Waals surface area (Å²) in [7, 11) is -3.96. The highest BCUT2D eigenvalue weighted by Crippen LogP contribution is 2.30. The highest BCUT2D eigenvalue weighted by Gasteiger charge is 2.30. The molecule has 0 bridgehead atoms. The Balaban J connectivity index is 1.72. The molecule has 0 amide bonds. The second kappa shape index (κ2) is 7.16. The van der Waals surface area contributed by atoms with Crippen molar-refractivity contribution in [3.63, 3.8) is 0 Å². The maximum Gasteiger partial charge on any atom is 0.416 e. The minimum atomic E-state index is -4.51. The van der Waals surface area contributed by atoms with Gasteiger partial charge in [-0.3, -0.25) is 4.72 Å². The number of morpholine rings is 1. The molecule has 1 fully saturated rings. The van der Waals surface area contributed by atoms with E-state index >= 15 is 0 Å². The van der Waals surface area contributed by atoms with Crippen LogP contribution in [-0.4, -0.2) is 34.7 Å². The first kappa shape index (κ1) is 18.5. The molecule has 1 aliphatic heterocycles. The van der Waals surface area contributed by atoms with Gasteiger partial charge in [0.1, 0.15) is 0 Å².